The van der Waals surface area contributed by atoms with Crippen molar-refractivity contribution in [1.29, 1.82) is 0 Å². The number of alkyl halides is 1. The molecular formula is C24H26Cl2FN3O4. The molecule has 1 heterocycles. The predicted octanol–water partition coefficient (Wildman–Crippen LogP) is 4.18. The van der Waals surface area contributed by atoms with Crippen LogP contribution in [0.1, 0.15) is 30.1 Å². The minimum Gasteiger partial charge on any atom is -0.494 e. The lowest BCUT2D eigenvalue weighted by molar-refractivity contribution is -0.129. The van der Waals surface area contributed by atoms with E-state index in [0.29, 0.717) is 39.9 Å². The number of aliphatic hydroxyl groups is 1. The molecular weight excluding hydrogens is 484 g/mol. The highest BCUT2D eigenvalue weighted by Gasteiger charge is 2.53. The number of carbonyl (C=O) groups excluding carboxylic acids is 1. The van der Waals surface area contributed by atoms with Crippen molar-refractivity contribution in [2.75, 3.05) is 26.4 Å². The zero-order chi connectivity index (χ0) is 24.6. The van der Waals surface area contributed by atoms with Gasteiger partial charge in [-0.2, -0.15) is 0 Å². The van der Waals surface area contributed by atoms with Crippen molar-refractivity contribution in [2.45, 2.75) is 24.5 Å². The molecule has 0 fully saturated rings. The predicted molar refractivity (Wildman–Crippen MR) is 130 cm³/mol. The molecule has 2 aromatic carbocycles. The number of hydrazine groups is 1. The first-order valence-electron chi connectivity index (χ1n) is 10.7. The Labute approximate surface area is 207 Å². The lowest BCUT2D eigenvalue weighted by Gasteiger charge is -2.30. The topological polar surface area (TPSA) is 92.2 Å². The van der Waals surface area contributed by atoms with Gasteiger partial charge in [0.1, 0.15) is 12.4 Å². The molecule has 3 N–H and O–H groups in total. The molecule has 0 radical (unpaired) electrons. The summed E-state index contributed by atoms with van der Waals surface area (Å²) in [5.74, 6) is 0.342. The maximum atomic E-state index is 13.3. The molecule has 182 valence electrons. The van der Waals surface area contributed by atoms with Crippen LogP contribution in [0, 0.1) is 0 Å². The van der Waals surface area contributed by atoms with Crippen LogP contribution in [0.25, 0.3) is 0 Å². The Balaban J connectivity index is 1.99. The van der Waals surface area contributed by atoms with Gasteiger partial charge in [-0.15, -0.1) is 6.58 Å². The van der Waals surface area contributed by atoms with Crippen LogP contribution in [0.5, 0.6) is 5.75 Å². The molecule has 7 nitrogen and oxygen atoms in total. The molecule has 34 heavy (non-hydrogen) atoms. The summed E-state index contributed by atoms with van der Waals surface area (Å²) >= 11 is 12.5. The van der Waals surface area contributed by atoms with Gasteiger partial charge in [0.25, 0.3) is 5.91 Å². The highest BCUT2D eigenvalue weighted by molar-refractivity contribution is 6.35. The first-order valence-corrected chi connectivity index (χ1v) is 11.5. The van der Waals surface area contributed by atoms with E-state index in [4.69, 9.17) is 42.8 Å². The lowest BCUT2D eigenvalue weighted by Crippen LogP contribution is -2.52. The van der Waals surface area contributed by atoms with Crippen LogP contribution < -0.4 is 15.6 Å². The first-order chi connectivity index (χ1) is 16.4. The summed E-state index contributed by atoms with van der Waals surface area (Å²) in [6, 6.07) is 11.9. The summed E-state index contributed by atoms with van der Waals surface area (Å²) in [4.78, 5) is 18.0. The molecule has 3 rings (SSSR count). The number of aliphatic imine (C=N–C) groups is 1. The second-order valence-electron chi connectivity index (χ2n) is 7.52. The Hall–Kier alpha value is -2.65. The van der Waals surface area contributed by atoms with Gasteiger partial charge < -0.3 is 14.6 Å². The van der Waals surface area contributed by atoms with Gasteiger partial charge >= 0.3 is 0 Å². The Morgan fingerprint density at radius 1 is 1.29 bits per heavy atom. The van der Waals surface area contributed by atoms with E-state index in [9.17, 15) is 9.18 Å². The van der Waals surface area contributed by atoms with E-state index < -0.39 is 24.2 Å². The SMILES string of the molecule is C=CC[C@]1(C(=O)NNCCF)N=C(c2ccc(OCCCO)cc2)O[C@H]1c1ccc(Cl)cc1Cl. The van der Waals surface area contributed by atoms with Crippen molar-refractivity contribution in [1.82, 2.24) is 10.9 Å². The standard InChI is InChI=1S/C24H26Cl2FN3O4/c1-2-10-24(23(32)30-28-12-11-27)21(19-9-6-17(25)15-20(19)26)34-22(29-24)16-4-7-18(8-5-16)33-14-3-13-31/h2,4-9,15,21,28,31H,1,3,10-14H2,(H,30,32)/t21-,24-/m0/s1. The summed E-state index contributed by atoms with van der Waals surface area (Å²) in [6.45, 7) is 3.51. The second-order valence-corrected chi connectivity index (χ2v) is 8.36. The smallest absolute Gasteiger partial charge is 0.266 e. The van der Waals surface area contributed by atoms with Crippen LogP contribution in [-0.2, 0) is 9.53 Å². The van der Waals surface area contributed by atoms with Gasteiger partial charge in [0, 0.05) is 47.2 Å². The van der Waals surface area contributed by atoms with Gasteiger partial charge in [-0.05, 0) is 36.4 Å². The summed E-state index contributed by atoms with van der Waals surface area (Å²) in [5, 5.41) is 9.66. The zero-order valence-corrected chi connectivity index (χ0v) is 19.9. The fourth-order valence-corrected chi connectivity index (χ4v) is 4.03. The van der Waals surface area contributed by atoms with Crippen LogP contribution in [0.2, 0.25) is 10.0 Å². The van der Waals surface area contributed by atoms with E-state index in [0.717, 1.165) is 0 Å². The molecule has 0 aromatic heterocycles. The van der Waals surface area contributed by atoms with Gasteiger partial charge in [0.05, 0.1) is 6.61 Å². The van der Waals surface area contributed by atoms with E-state index in [1.165, 1.54) is 0 Å². The molecule has 0 saturated heterocycles. The second kappa shape index (κ2) is 12.2. The molecule has 0 aliphatic carbocycles. The molecule has 0 unspecified atom stereocenters. The lowest BCUT2D eigenvalue weighted by atomic mass is 9.84. The van der Waals surface area contributed by atoms with Crippen molar-refractivity contribution < 1.29 is 23.8 Å². The largest absolute Gasteiger partial charge is 0.494 e. The minimum absolute atomic E-state index is 0.0466. The Kier molecular flexibility index (Phi) is 9.29. The Bertz CT molecular complexity index is 1040. The van der Waals surface area contributed by atoms with E-state index >= 15 is 0 Å². The summed E-state index contributed by atoms with van der Waals surface area (Å²) in [5.41, 5.74) is 4.77. The van der Waals surface area contributed by atoms with Crippen LogP contribution in [0.15, 0.2) is 60.1 Å². The van der Waals surface area contributed by atoms with Crippen LogP contribution in [-0.4, -0.2) is 48.9 Å². The number of nitrogens with one attached hydrogen (secondary N) is 2. The van der Waals surface area contributed by atoms with Crippen LogP contribution in [0.4, 0.5) is 4.39 Å². The van der Waals surface area contributed by atoms with Gasteiger partial charge in [0.15, 0.2) is 11.6 Å². The number of ether oxygens (including phenoxy) is 2. The minimum atomic E-state index is -1.45. The summed E-state index contributed by atoms with van der Waals surface area (Å²) in [7, 11) is 0. The molecule has 1 aliphatic rings. The third-order valence-electron chi connectivity index (χ3n) is 5.15. The van der Waals surface area contributed by atoms with E-state index in [1.54, 1.807) is 48.5 Å². The molecule has 1 aliphatic heterocycles. The van der Waals surface area contributed by atoms with E-state index in [1.807, 2.05) is 0 Å². The number of benzene rings is 2. The van der Waals surface area contributed by atoms with Crippen molar-refractivity contribution in [3.05, 3.63) is 76.3 Å². The van der Waals surface area contributed by atoms with Gasteiger partial charge in [-0.1, -0.05) is 35.3 Å². The Morgan fingerprint density at radius 2 is 2.06 bits per heavy atom. The van der Waals surface area contributed by atoms with Gasteiger partial charge in [-0.3, -0.25) is 10.2 Å². The molecule has 0 bridgehead atoms. The number of nitrogens with zero attached hydrogens (tertiary/aromatic N) is 1. The number of halogens is 3. The van der Waals surface area contributed by atoms with Crippen molar-refractivity contribution >= 4 is 35.0 Å². The highest BCUT2D eigenvalue weighted by Crippen LogP contribution is 2.45. The quantitative estimate of drug-likeness (QED) is 0.227. The highest BCUT2D eigenvalue weighted by atomic mass is 35.5. The average Bonchev–Trinajstić information content (AvgIpc) is 3.20. The average molecular weight is 510 g/mol. The number of aliphatic hydroxyl groups excluding tert-OH is 1. The summed E-state index contributed by atoms with van der Waals surface area (Å²) in [6.07, 6.45) is 1.33. The fraction of sp³-hybridized carbons (Fsp3) is 0.333. The third-order valence-corrected chi connectivity index (χ3v) is 5.71. The maximum absolute atomic E-state index is 13.3. The first kappa shape index (κ1) is 26.0. The molecule has 2 atom stereocenters. The third kappa shape index (κ3) is 5.88. The molecule has 1 amide bonds. The number of carbonyl (C=O) groups is 1. The Morgan fingerprint density at radius 3 is 2.71 bits per heavy atom. The fourth-order valence-electron chi connectivity index (χ4n) is 3.52. The number of hydrogen-bond donors (Lipinski definition) is 3. The number of hydrogen-bond acceptors (Lipinski definition) is 6. The van der Waals surface area contributed by atoms with Crippen LogP contribution in [0.3, 0.4) is 0 Å². The van der Waals surface area contributed by atoms with E-state index in [-0.39, 0.29) is 25.5 Å². The van der Waals surface area contributed by atoms with Crippen molar-refractivity contribution in [3.8, 4) is 5.75 Å². The normalized spacial score (nSPS) is 19.3. The number of amides is 1. The molecule has 10 heteroatoms. The van der Waals surface area contributed by atoms with Gasteiger partial charge in [-0.25, -0.2) is 14.8 Å². The molecule has 2 aromatic rings. The maximum Gasteiger partial charge on any atom is 0.266 e. The molecule has 0 spiro atoms. The monoisotopic (exact) mass is 509 g/mol. The summed E-state index contributed by atoms with van der Waals surface area (Å²) < 4.78 is 24.4. The number of rotatable bonds is 12. The molecule has 0 saturated carbocycles. The zero-order valence-electron chi connectivity index (χ0n) is 18.4. The van der Waals surface area contributed by atoms with Crippen molar-refractivity contribution in [2.24, 2.45) is 4.99 Å². The van der Waals surface area contributed by atoms with Gasteiger partial charge in [0.2, 0.25) is 5.90 Å². The van der Waals surface area contributed by atoms with E-state index in [2.05, 4.69) is 17.4 Å². The van der Waals surface area contributed by atoms with Crippen LogP contribution >= 0.6 is 23.2 Å². The van der Waals surface area contributed by atoms with Crippen molar-refractivity contribution in [3.63, 3.8) is 0 Å².